The van der Waals surface area contributed by atoms with E-state index in [1.165, 1.54) is 36.6 Å². The van der Waals surface area contributed by atoms with Crippen LogP contribution in [0.25, 0.3) is 0 Å². The van der Waals surface area contributed by atoms with E-state index in [9.17, 15) is 13.2 Å². The van der Waals surface area contributed by atoms with Crippen LogP contribution in [0.5, 0.6) is 0 Å². The molecule has 0 aliphatic carbocycles. The fourth-order valence-electron chi connectivity index (χ4n) is 3.02. The van der Waals surface area contributed by atoms with Crippen molar-refractivity contribution in [1.29, 1.82) is 5.26 Å². The maximum Gasteiger partial charge on any atom is 0.251 e. The molecule has 3 rings (SSSR count). The Morgan fingerprint density at radius 3 is 2.78 bits per heavy atom. The van der Waals surface area contributed by atoms with Gasteiger partial charge in [0.05, 0.1) is 29.2 Å². The standard InChI is InChI=1S/C22H22N4O4S2/c1-30-10-8-24-21(27)18-6-3-7-19(14-18)32(28,29)26-20(22-25-9-11-31-22)13-16-4-2-5-17(12-16)15-23/h2-7,9,11-12,14,20,26H,8,10,13H2,1H3,(H,24,27). The fraction of sp³-hybridized carbons (Fsp3) is 0.227. The third kappa shape index (κ3) is 6.21. The normalized spacial score (nSPS) is 12.1. The van der Waals surface area contributed by atoms with E-state index in [1.54, 1.807) is 35.8 Å². The van der Waals surface area contributed by atoms with Crippen molar-refractivity contribution < 1.29 is 17.9 Å². The summed E-state index contributed by atoms with van der Waals surface area (Å²) >= 11 is 1.34. The zero-order valence-corrected chi connectivity index (χ0v) is 18.9. The maximum atomic E-state index is 13.1. The number of thiazole rings is 1. The van der Waals surface area contributed by atoms with E-state index in [0.29, 0.717) is 30.1 Å². The predicted octanol–water partition coefficient (Wildman–Crippen LogP) is 2.65. The quantitative estimate of drug-likeness (QED) is 0.440. The molecule has 32 heavy (non-hydrogen) atoms. The number of nitrogens with one attached hydrogen (secondary N) is 2. The van der Waals surface area contributed by atoms with E-state index in [4.69, 9.17) is 10.00 Å². The lowest BCUT2D eigenvalue weighted by atomic mass is 10.0. The monoisotopic (exact) mass is 470 g/mol. The van der Waals surface area contributed by atoms with Gasteiger partial charge in [0.25, 0.3) is 5.91 Å². The van der Waals surface area contributed by atoms with Gasteiger partial charge < -0.3 is 10.1 Å². The molecule has 8 nitrogen and oxygen atoms in total. The number of nitrogens with zero attached hydrogens (tertiary/aromatic N) is 2. The number of amides is 1. The molecule has 166 valence electrons. The van der Waals surface area contributed by atoms with E-state index >= 15 is 0 Å². The highest BCUT2D eigenvalue weighted by Crippen LogP contribution is 2.24. The van der Waals surface area contributed by atoms with E-state index in [0.717, 1.165) is 5.56 Å². The van der Waals surface area contributed by atoms with Gasteiger partial charge in [-0.05, 0) is 42.3 Å². The molecule has 1 heterocycles. The van der Waals surface area contributed by atoms with E-state index in [1.807, 2.05) is 6.07 Å². The Morgan fingerprint density at radius 1 is 1.25 bits per heavy atom. The van der Waals surface area contributed by atoms with Gasteiger partial charge in [0.15, 0.2) is 0 Å². The van der Waals surface area contributed by atoms with Crippen LogP contribution >= 0.6 is 11.3 Å². The summed E-state index contributed by atoms with van der Waals surface area (Å²) in [6.07, 6.45) is 1.93. The molecule has 10 heteroatoms. The number of rotatable bonds is 10. The van der Waals surface area contributed by atoms with Crippen LogP contribution < -0.4 is 10.0 Å². The highest BCUT2D eigenvalue weighted by atomic mass is 32.2. The second kappa shape index (κ2) is 11.0. The van der Waals surface area contributed by atoms with Crippen LogP contribution in [0.3, 0.4) is 0 Å². The van der Waals surface area contributed by atoms with Crippen molar-refractivity contribution in [2.24, 2.45) is 0 Å². The SMILES string of the molecule is COCCNC(=O)c1cccc(S(=O)(=O)NC(Cc2cccc(C#N)c2)c2nccs2)c1. The molecule has 1 unspecified atom stereocenters. The van der Waals surface area contributed by atoms with Crippen LogP contribution in [-0.4, -0.2) is 39.6 Å². The van der Waals surface area contributed by atoms with Gasteiger partial charge in [-0.25, -0.2) is 18.1 Å². The van der Waals surface area contributed by atoms with Gasteiger partial charge in [-0.1, -0.05) is 18.2 Å². The van der Waals surface area contributed by atoms with Crippen molar-refractivity contribution in [1.82, 2.24) is 15.0 Å². The van der Waals surface area contributed by atoms with Crippen molar-refractivity contribution in [3.8, 4) is 6.07 Å². The largest absolute Gasteiger partial charge is 0.383 e. The van der Waals surface area contributed by atoms with Crippen molar-refractivity contribution in [3.63, 3.8) is 0 Å². The maximum absolute atomic E-state index is 13.1. The first kappa shape index (κ1) is 23.6. The Kier molecular flexibility index (Phi) is 8.08. The molecule has 0 fully saturated rings. The van der Waals surface area contributed by atoms with Crippen molar-refractivity contribution in [2.45, 2.75) is 17.4 Å². The van der Waals surface area contributed by atoms with Crippen LogP contribution in [0, 0.1) is 11.3 Å². The summed E-state index contributed by atoms with van der Waals surface area (Å²) in [5.74, 6) is -0.385. The predicted molar refractivity (Wildman–Crippen MR) is 121 cm³/mol. The Morgan fingerprint density at radius 2 is 2.06 bits per heavy atom. The second-order valence-electron chi connectivity index (χ2n) is 6.84. The molecular weight excluding hydrogens is 448 g/mol. The average Bonchev–Trinajstić information content (AvgIpc) is 3.34. The van der Waals surface area contributed by atoms with Gasteiger partial charge >= 0.3 is 0 Å². The number of carbonyl (C=O) groups excluding carboxylic acids is 1. The van der Waals surface area contributed by atoms with E-state index in [2.05, 4.69) is 21.1 Å². The van der Waals surface area contributed by atoms with Crippen LogP contribution in [0.2, 0.25) is 0 Å². The molecule has 1 aromatic heterocycles. The Hall–Kier alpha value is -3.10. The minimum Gasteiger partial charge on any atom is -0.383 e. The molecular formula is C22H22N4O4S2. The molecule has 0 spiro atoms. The van der Waals surface area contributed by atoms with Crippen LogP contribution in [0.15, 0.2) is 65.0 Å². The highest BCUT2D eigenvalue weighted by Gasteiger charge is 2.24. The summed E-state index contributed by atoms with van der Waals surface area (Å²) < 4.78 is 33.9. The first-order valence-corrected chi connectivity index (χ1v) is 12.1. The molecule has 1 amide bonds. The van der Waals surface area contributed by atoms with Gasteiger partial charge in [-0.15, -0.1) is 11.3 Å². The van der Waals surface area contributed by atoms with Gasteiger partial charge in [-0.2, -0.15) is 5.26 Å². The van der Waals surface area contributed by atoms with Crippen LogP contribution in [-0.2, 0) is 21.2 Å². The fourth-order valence-corrected chi connectivity index (χ4v) is 5.03. The van der Waals surface area contributed by atoms with E-state index in [-0.39, 0.29) is 16.4 Å². The Balaban J connectivity index is 1.83. The Bertz CT molecular complexity index is 1200. The number of aromatic nitrogens is 1. The minimum atomic E-state index is -3.96. The molecule has 1 atom stereocenters. The molecule has 0 aliphatic heterocycles. The number of nitriles is 1. The minimum absolute atomic E-state index is 0.0239. The van der Waals surface area contributed by atoms with Gasteiger partial charge in [0, 0.05) is 30.8 Å². The first-order chi connectivity index (χ1) is 15.4. The van der Waals surface area contributed by atoms with Crippen molar-refractivity contribution in [3.05, 3.63) is 81.8 Å². The number of hydrogen-bond donors (Lipinski definition) is 2. The lowest BCUT2D eigenvalue weighted by molar-refractivity contribution is 0.0937. The number of hydrogen-bond acceptors (Lipinski definition) is 7. The van der Waals surface area contributed by atoms with Gasteiger partial charge in [-0.3, -0.25) is 4.79 Å². The van der Waals surface area contributed by atoms with Crippen molar-refractivity contribution >= 4 is 27.3 Å². The number of ether oxygens (including phenoxy) is 1. The lowest BCUT2D eigenvalue weighted by Gasteiger charge is -2.17. The summed E-state index contributed by atoms with van der Waals surface area (Å²) in [5, 5.41) is 14.2. The molecule has 2 N–H and O–H groups in total. The molecule has 2 aromatic carbocycles. The summed E-state index contributed by atoms with van der Waals surface area (Å²) in [4.78, 5) is 16.5. The summed E-state index contributed by atoms with van der Waals surface area (Å²) in [6, 6.07) is 14.3. The molecule has 0 saturated heterocycles. The molecule has 0 radical (unpaired) electrons. The smallest absolute Gasteiger partial charge is 0.251 e. The lowest BCUT2D eigenvalue weighted by Crippen LogP contribution is -2.31. The first-order valence-electron chi connectivity index (χ1n) is 9.71. The van der Waals surface area contributed by atoms with Crippen LogP contribution in [0.1, 0.15) is 32.5 Å². The average molecular weight is 471 g/mol. The molecule has 3 aromatic rings. The summed E-state index contributed by atoms with van der Waals surface area (Å²) in [5.41, 5.74) is 1.53. The second-order valence-corrected chi connectivity index (χ2v) is 9.48. The number of methoxy groups -OCH3 is 1. The highest BCUT2D eigenvalue weighted by molar-refractivity contribution is 7.89. The molecule has 0 bridgehead atoms. The summed E-state index contributed by atoms with van der Waals surface area (Å²) in [6.45, 7) is 0.673. The van der Waals surface area contributed by atoms with Crippen LogP contribution in [0.4, 0.5) is 0 Å². The number of sulfonamides is 1. The zero-order valence-electron chi connectivity index (χ0n) is 17.3. The molecule has 0 aliphatic rings. The summed E-state index contributed by atoms with van der Waals surface area (Å²) in [7, 11) is -2.43. The van der Waals surface area contributed by atoms with Gasteiger partial charge in [0.2, 0.25) is 10.0 Å². The third-order valence-corrected chi connectivity index (χ3v) is 6.90. The third-order valence-electron chi connectivity index (χ3n) is 4.54. The van der Waals surface area contributed by atoms with E-state index < -0.39 is 16.1 Å². The topological polar surface area (TPSA) is 121 Å². The number of benzene rings is 2. The zero-order chi connectivity index (χ0) is 23.0. The van der Waals surface area contributed by atoms with Crippen molar-refractivity contribution in [2.75, 3.05) is 20.3 Å². The number of carbonyl (C=O) groups is 1. The molecule has 0 saturated carbocycles. The van der Waals surface area contributed by atoms with Gasteiger partial charge in [0.1, 0.15) is 5.01 Å². The Labute approximate surface area is 190 Å².